The number of allylic oxidation sites excluding steroid dienone is 1. The summed E-state index contributed by atoms with van der Waals surface area (Å²) >= 11 is 0. The Morgan fingerprint density at radius 1 is 1.58 bits per heavy atom. The molecule has 0 aliphatic carbocycles. The van der Waals surface area contributed by atoms with Gasteiger partial charge in [-0.2, -0.15) is 5.53 Å². The first-order chi connectivity index (χ1) is 5.55. The van der Waals surface area contributed by atoms with Crippen LogP contribution < -0.4 is 11.3 Å². The van der Waals surface area contributed by atoms with Crippen molar-refractivity contribution in [2.45, 2.75) is 13.8 Å². The van der Waals surface area contributed by atoms with Gasteiger partial charge in [-0.05, 0) is 11.2 Å². The number of hydrogen-bond acceptors (Lipinski definition) is 3. The maximum absolute atomic E-state index is 5.62. The molecule has 1 aliphatic rings. The van der Waals surface area contributed by atoms with E-state index in [9.17, 15) is 0 Å². The molecule has 12 heavy (non-hydrogen) atoms. The van der Waals surface area contributed by atoms with Crippen LogP contribution in [0.15, 0.2) is 33.8 Å². The fourth-order valence-corrected chi connectivity index (χ4v) is 0.961. The van der Waals surface area contributed by atoms with Gasteiger partial charge in [0.1, 0.15) is 0 Å². The lowest BCUT2D eigenvalue weighted by Gasteiger charge is -2.11. The summed E-state index contributed by atoms with van der Waals surface area (Å²) in [5, 5.41) is 3.57. The van der Waals surface area contributed by atoms with Crippen LogP contribution in [0.1, 0.15) is 13.8 Å². The molecule has 0 aromatic rings. The molecule has 4 N–H and O–H groups in total. The second-order valence-electron chi connectivity index (χ2n) is 3.34. The monoisotopic (exact) mass is 165 g/mol. The Labute approximate surface area is 71.4 Å². The van der Waals surface area contributed by atoms with E-state index in [0.29, 0.717) is 11.4 Å². The number of aliphatic imine (C=N–C) groups is 1. The van der Waals surface area contributed by atoms with Gasteiger partial charge < -0.3 is 5.73 Å². The summed E-state index contributed by atoms with van der Waals surface area (Å²) in [6.45, 7) is 4.02. The van der Waals surface area contributed by atoms with Gasteiger partial charge >= 0.3 is 0 Å². The molecule has 1 aliphatic heterocycles. The highest BCUT2D eigenvalue weighted by Gasteiger charge is 2.17. The normalized spacial score (nSPS) is 20.8. The van der Waals surface area contributed by atoms with Crippen molar-refractivity contribution in [3.8, 4) is 0 Å². The lowest BCUT2D eigenvalue weighted by Crippen LogP contribution is -2.25. The zero-order chi connectivity index (χ0) is 9.19. The van der Waals surface area contributed by atoms with E-state index in [4.69, 9.17) is 11.3 Å². The van der Waals surface area contributed by atoms with Gasteiger partial charge in [-0.25, -0.2) is 0 Å². The molecule has 0 aromatic carbocycles. The third-order valence-electron chi connectivity index (χ3n) is 1.56. The zero-order valence-electron chi connectivity index (χ0n) is 7.28. The van der Waals surface area contributed by atoms with Gasteiger partial charge in [0.25, 0.3) is 0 Å². The second kappa shape index (κ2) is 2.89. The molecule has 0 radical (unpaired) electrons. The van der Waals surface area contributed by atoms with Gasteiger partial charge in [-0.1, -0.05) is 13.8 Å². The number of nitrogens with zero attached hydrogens (tertiary/aromatic N) is 2. The Balaban J connectivity index is 3.11. The predicted octanol–water partition coefficient (Wildman–Crippen LogP) is -0.00770. The van der Waals surface area contributed by atoms with Crippen molar-refractivity contribution < 1.29 is 5.53 Å². The van der Waals surface area contributed by atoms with Gasteiger partial charge in [0.05, 0.1) is 11.9 Å². The highest BCUT2D eigenvalue weighted by Crippen LogP contribution is 2.21. The van der Waals surface area contributed by atoms with Crippen molar-refractivity contribution in [1.82, 2.24) is 0 Å². The summed E-state index contributed by atoms with van der Waals surface area (Å²) in [5.41, 5.74) is 11.7. The van der Waals surface area contributed by atoms with Crippen LogP contribution in [-0.4, -0.2) is 6.21 Å². The van der Waals surface area contributed by atoms with Crippen LogP contribution >= 0.6 is 0 Å². The Kier molecular flexibility index (Phi) is 2.08. The topological polar surface area (TPSA) is 76.3 Å². The van der Waals surface area contributed by atoms with E-state index in [1.807, 2.05) is 19.9 Å². The van der Waals surface area contributed by atoms with E-state index >= 15 is 0 Å². The molecule has 0 spiro atoms. The number of hydrogen-bond donors (Lipinski definition) is 2. The van der Waals surface area contributed by atoms with Crippen molar-refractivity contribution >= 4 is 6.21 Å². The molecule has 0 saturated heterocycles. The highest BCUT2D eigenvalue weighted by atomic mass is 15.0. The van der Waals surface area contributed by atoms with Gasteiger partial charge in [-0.15, -0.1) is 0 Å². The van der Waals surface area contributed by atoms with E-state index in [2.05, 4.69) is 10.1 Å². The molecule has 4 heteroatoms. The summed E-state index contributed by atoms with van der Waals surface area (Å²) in [7, 11) is 0. The van der Waals surface area contributed by atoms with Crippen LogP contribution in [0.5, 0.6) is 0 Å². The van der Waals surface area contributed by atoms with Gasteiger partial charge in [0.15, 0.2) is 5.70 Å². The van der Waals surface area contributed by atoms with Crippen molar-refractivity contribution in [1.29, 1.82) is 0 Å². The molecule has 0 fully saturated rings. The Bertz CT molecular complexity index is 283. The lowest BCUT2D eigenvalue weighted by molar-refractivity contribution is -0.214. The van der Waals surface area contributed by atoms with Crippen LogP contribution in [0.25, 0.3) is 0 Å². The first-order valence-corrected chi connectivity index (χ1v) is 3.69. The van der Waals surface area contributed by atoms with Gasteiger partial charge in [0, 0.05) is 11.6 Å². The largest absolute Gasteiger partial charge is 0.396 e. The Morgan fingerprint density at radius 3 is 2.83 bits per heavy atom. The van der Waals surface area contributed by atoms with E-state index in [1.54, 1.807) is 12.4 Å². The van der Waals surface area contributed by atoms with E-state index in [-0.39, 0.29) is 5.41 Å². The minimum Gasteiger partial charge on any atom is -0.396 e. The quantitative estimate of drug-likeness (QED) is 0.527. The van der Waals surface area contributed by atoms with Gasteiger partial charge in [0.2, 0.25) is 0 Å². The Hall–Kier alpha value is -1.45. The SMILES string of the molecule is CC1(C)C=NC=C(N)C(N=[NH2+])=C1. The smallest absolute Gasteiger partial charge is 0.151 e. The predicted molar refractivity (Wildman–Crippen MR) is 47.0 cm³/mol. The Morgan fingerprint density at radius 2 is 2.25 bits per heavy atom. The molecule has 0 saturated carbocycles. The van der Waals surface area contributed by atoms with Crippen molar-refractivity contribution in [3.63, 3.8) is 0 Å². The number of rotatable bonds is 1. The molecule has 0 unspecified atom stereocenters. The summed E-state index contributed by atoms with van der Waals surface area (Å²) in [6, 6.07) is 0. The molecule has 0 bridgehead atoms. The molecule has 1 rings (SSSR count). The molecule has 64 valence electrons. The van der Waals surface area contributed by atoms with Crippen LogP contribution in [0.4, 0.5) is 0 Å². The second-order valence-corrected chi connectivity index (χ2v) is 3.34. The molecule has 0 amide bonds. The zero-order valence-corrected chi connectivity index (χ0v) is 7.28. The van der Waals surface area contributed by atoms with Crippen molar-refractivity contribution in [3.05, 3.63) is 23.7 Å². The standard InChI is InChI=1S/C8H12N4/c1-8(2)3-7(12-10)6(9)4-11-5-8/h3-5,10H,9H2,1-2H3/p+1. The van der Waals surface area contributed by atoms with E-state index in [1.165, 1.54) is 0 Å². The first kappa shape index (κ1) is 8.64. The fraction of sp³-hybridized carbons (Fsp3) is 0.375. The molecular weight excluding hydrogens is 152 g/mol. The summed E-state index contributed by atoms with van der Waals surface area (Å²) in [4.78, 5) is 4.02. The highest BCUT2D eigenvalue weighted by molar-refractivity contribution is 5.69. The average Bonchev–Trinajstić information content (AvgIpc) is 2.10. The maximum Gasteiger partial charge on any atom is 0.151 e. The van der Waals surface area contributed by atoms with E-state index in [0.717, 1.165) is 0 Å². The lowest BCUT2D eigenvalue weighted by atomic mass is 9.94. The molecule has 4 nitrogen and oxygen atoms in total. The van der Waals surface area contributed by atoms with Crippen molar-refractivity contribution in [2.24, 2.45) is 21.3 Å². The average molecular weight is 165 g/mol. The van der Waals surface area contributed by atoms with E-state index < -0.39 is 0 Å². The minimum atomic E-state index is -0.143. The summed E-state index contributed by atoms with van der Waals surface area (Å²) < 4.78 is 0. The molecule has 1 heterocycles. The third kappa shape index (κ3) is 1.78. The maximum atomic E-state index is 5.62. The minimum absolute atomic E-state index is 0.143. The first-order valence-electron chi connectivity index (χ1n) is 3.69. The molecular formula is C8H13N4+. The third-order valence-corrected chi connectivity index (χ3v) is 1.56. The summed E-state index contributed by atoms with van der Waals surface area (Å²) in [6.07, 6.45) is 5.24. The molecule has 0 aromatic heterocycles. The van der Waals surface area contributed by atoms with Gasteiger partial charge in [-0.3, -0.25) is 4.99 Å². The van der Waals surface area contributed by atoms with Crippen LogP contribution in [0, 0.1) is 5.41 Å². The fourth-order valence-electron chi connectivity index (χ4n) is 0.961. The summed E-state index contributed by atoms with van der Waals surface area (Å²) in [5.74, 6) is 0. The van der Waals surface area contributed by atoms with Crippen LogP contribution in [0.2, 0.25) is 0 Å². The number of nitrogens with two attached hydrogens (primary N) is 2. The van der Waals surface area contributed by atoms with Crippen molar-refractivity contribution in [2.75, 3.05) is 0 Å². The van der Waals surface area contributed by atoms with Crippen LogP contribution in [0.3, 0.4) is 0 Å². The van der Waals surface area contributed by atoms with Crippen LogP contribution in [-0.2, 0) is 0 Å². The molecule has 0 atom stereocenters.